The monoisotopic (exact) mass is 215 g/mol. The summed E-state index contributed by atoms with van der Waals surface area (Å²) in [6.07, 6.45) is 0.729. The topological polar surface area (TPSA) is 95.7 Å². The van der Waals surface area contributed by atoms with Crippen LogP contribution >= 0.6 is 0 Å². The van der Waals surface area contributed by atoms with Crippen molar-refractivity contribution < 1.29 is 14.7 Å². The van der Waals surface area contributed by atoms with Crippen molar-refractivity contribution in [1.82, 2.24) is 10.2 Å². The standard InChI is InChI=1S/C9H17N3O3/c10-3-4-11-8(14)9(15)12-5-1-7(13)2-6-12/h7,13H,1-6,10H2,(H,11,14). The van der Waals surface area contributed by atoms with E-state index in [9.17, 15) is 14.7 Å². The number of likely N-dealkylation sites (tertiary alicyclic amines) is 1. The van der Waals surface area contributed by atoms with Gasteiger partial charge < -0.3 is 21.1 Å². The first-order valence-electron chi connectivity index (χ1n) is 5.10. The van der Waals surface area contributed by atoms with Gasteiger partial charge in [-0.25, -0.2) is 0 Å². The van der Waals surface area contributed by atoms with Gasteiger partial charge >= 0.3 is 11.8 Å². The predicted molar refractivity (Wildman–Crippen MR) is 53.9 cm³/mol. The lowest BCUT2D eigenvalue weighted by Gasteiger charge is -2.28. The number of nitrogens with two attached hydrogens (primary N) is 1. The molecule has 15 heavy (non-hydrogen) atoms. The molecule has 1 heterocycles. The summed E-state index contributed by atoms with van der Waals surface area (Å²) in [5, 5.41) is 11.7. The minimum absolute atomic E-state index is 0.307. The first kappa shape index (κ1) is 11.9. The highest BCUT2D eigenvalue weighted by Crippen LogP contribution is 2.09. The molecule has 0 radical (unpaired) electrons. The Hall–Kier alpha value is -1.14. The van der Waals surface area contributed by atoms with Crippen LogP contribution < -0.4 is 11.1 Å². The van der Waals surface area contributed by atoms with Crippen LogP contribution in [0.15, 0.2) is 0 Å². The molecule has 0 bridgehead atoms. The maximum atomic E-state index is 11.5. The molecule has 0 atom stereocenters. The van der Waals surface area contributed by atoms with Crippen LogP contribution in [0.25, 0.3) is 0 Å². The summed E-state index contributed by atoms with van der Waals surface area (Å²) in [7, 11) is 0. The molecule has 2 amide bonds. The van der Waals surface area contributed by atoms with E-state index in [1.54, 1.807) is 0 Å². The molecule has 0 unspecified atom stereocenters. The number of amides is 2. The van der Waals surface area contributed by atoms with Gasteiger partial charge in [0.25, 0.3) is 0 Å². The van der Waals surface area contributed by atoms with E-state index in [1.165, 1.54) is 4.90 Å². The van der Waals surface area contributed by atoms with E-state index in [0.717, 1.165) is 0 Å². The van der Waals surface area contributed by atoms with Crippen molar-refractivity contribution in [3.8, 4) is 0 Å². The molecule has 6 nitrogen and oxygen atoms in total. The van der Waals surface area contributed by atoms with E-state index in [-0.39, 0.29) is 6.10 Å². The SMILES string of the molecule is NCCNC(=O)C(=O)N1CCC(O)CC1. The highest BCUT2D eigenvalue weighted by atomic mass is 16.3. The van der Waals surface area contributed by atoms with Crippen molar-refractivity contribution in [2.24, 2.45) is 5.73 Å². The van der Waals surface area contributed by atoms with Gasteiger partial charge in [-0.05, 0) is 12.8 Å². The fraction of sp³-hybridized carbons (Fsp3) is 0.778. The Kier molecular flexibility index (Phi) is 4.51. The van der Waals surface area contributed by atoms with E-state index >= 15 is 0 Å². The molecule has 1 saturated heterocycles. The molecule has 1 rings (SSSR count). The van der Waals surface area contributed by atoms with Crippen molar-refractivity contribution in [3.05, 3.63) is 0 Å². The van der Waals surface area contributed by atoms with Gasteiger partial charge in [-0.3, -0.25) is 9.59 Å². The first-order valence-corrected chi connectivity index (χ1v) is 5.10. The molecule has 4 N–H and O–H groups in total. The Labute approximate surface area is 88.4 Å². The van der Waals surface area contributed by atoms with Crippen LogP contribution in [0, 0.1) is 0 Å². The largest absolute Gasteiger partial charge is 0.393 e. The van der Waals surface area contributed by atoms with Gasteiger partial charge in [-0.2, -0.15) is 0 Å². The molecule has 1 aliphatic heterocycles. The molecule has 0 aromatic rings. The summed E-state index contributed by atoms with van der Waals surface area (Å²) in [6.45, 7) is 1.50. The minimum Gasteiger partial charge on any atom is -0.393 e. The van der Waals surface area contributed by atoms with Crippen molar-refractivity contribution in [3.63, 3.8) is 0 Å². The number of nitrogens with one attached hydrogen (secondary N) is 1. The van der Waals surface area contributed by atoms with Crippen LogP contribution in [0.4, 0.5) is 0 Å². The van der Waals surface area contributed by atoms with Crippen LogP contribution in [0.2, 0.25) is 0 Å². The normalized spacial score (nSPS) is 17.6. The number of hydrogen-bond acceptors (Lipinski definition) is 4. The zero-order valence-electron chi connectivity index (χ0n) is 8.61. The third-order valence-electron chi connectivity index (χ3n) is 2.38. The lowest BCUT2D eigenvalue weighted by Crippen LogP contribution is -2.47. The molecule has 6 heteroatoms. The second kappa shape index (κ2) is 5.67. The van der Waals surface area contributed by atoms with Crippen LogP contribution in [0.5, 0.6) is 0 Å². The number of piperidine rings is 1. The Morgan fingerprint density at radius 2 is 2.00 bits per heavy atom. The summed E-state index contributed by atoms with van der Waals surface area (Å²) in [5.41, 5.74) is 5.20. The zero-order chi connectivity index (χ0) is 11.3. The van der Waals surface area contributed by atoms with Crippen molar-refractivity contribution in [1.29, 1.82) is 0 Å². The van der Waals surface area contributed by atoms with E-state index < -0.39 is 11.8 Å². The van der Waals surface area contributed by atoms with E-state index in [1.807, 2.05) is 0 Å². The lowest BCUT2D eigenvalue weighted by molar-refractivity contribution is -0.147. The summed E-state index contributed by atoms with van der Waals surface area (Å²) < 4.78 is 0. The third kappa shape index (κ3) is 3.49. The third-order valence-corrected chi connectivity index (χ3v) is 2.38. The molecule has 86 valence electrons. The van der Waals surface area contributed by atoms with Gasteiger partial charge in [0.1, 0.15) is 0 Å². The number of aliphatic hydroxyl groups excluding tert-OH is 1. The summed E-state index contributed by atoms with van der Waals surface area (Å²) in [4.78, 5) is 24.2. The lowest BCUT2D eigenvalue weighted by atomic mass is 10.1. The van der Waals surface area contributed by atoms with Crippen LogP contribution in [-0.4, -0.2) is 54.1 Å². The van der Waals surface area contributed by atoms with Crippen molar-refractivity contribution >= 4 is 11.8 Å². The Morgan fingerprint density at radius 3 is 2.53 bits per heavy atom. The molecule has 0 spiro atoms. The number of carbonyl (C=O) groups is 2. The average molecular weight is 215 g/mol. The van der Waals surface area contributed by atoms with Crippen molar-refractivity contribution in [2.45, 2.75) is 18.9 Å². The number of rotatable bonds is 2. The maximum absolute atomic E-state index is 11.5. The number of carbonyl (C=O) groups excluding carboxylic acids is 2. The van der Waals surface area contributed by atoms with Crippen LogP contribution in [0.3, 0.4) is 0 Å². The average Bonchev–Trinajstić information content (AvgIpc) is 2.26. The Bertz CT molecular complexity index is 237. The van der Waals surface area contributed by atoms with Crippen LogP contribution in [-0.2, 0) is 9.59 Å². The first-order chi connectivity index (χ1) is 7.15. The number of nitrogens with zero attached hydrogens (tertiary/aromatic N) is 1. The zero-order valence-corrected chi connectivity index (χ0v) is 8.61. The van der Waals surface area contributed by atoms with Gasteiger partial charge in [-0.1, -0.05) is 0 Å². The molecule has 1 aliphatic rings. The quantitative estimate of drug-likeness (QED) is 0.466. The smallest absolute Gasteiger partial charge is 0.311 e. The van der Waals surface area contributed by atoms with E-state index in [4.69, 9.17) is 5.73 Å². The van der Waals surface area contributed by atoms with Crippen molar-refractivity contribution in [2.75, 3.05) is 26.2 Å². The molecule has 0 aromatic carbocycles. The van der Waals surface area contributed by atoms with Gasteiger partial charge in [0.05, 0.1) is 6.10 Å². The summed E-state index contributed by atoms with van der Waals surface area (Å²) in [5.74, 6) is -1.15. The molecule has 0 aromatic heterocycles. The van der Waals surface area contributed by atoms with Gasteiger partial charge in [0, 0.05) is 26.2 Å². The van der Waals surface area contributed by atoms with Gasteiger partial charge in [0.15, 0.2) is 0 Å². The van der Waals surface area contributed by atoms with Gasteiger partial charge in [0.2, 0.25) is 0 Å². The summed E-state index contributed by atoms with van der Waals surface area (Å²) >= 11 is 0. The number of aliphatic hydroxyl groups is 1. The minimum atomic E-state index is -0.614. The second-order valence-electron chi connectivity index (χ2n) is 3.57. The fourth-order valence-electron chi connectivity index (χ4n) is 1.47. The molecule has 1 fully saturated rings. The highest BCUT2D eigenvalue weighted by molar-refractivity contribution is 6.35. The number of hydrogen-bond donors (Lipinski definition) is 3. The van der Waals surface area contributed by atoms with E-state index in [0.29, 0.717) is 39.0 Å². The highest BCUT2D eigenvalue weighted by Gasteiger charge is 2.25. The van der Waals surface area contributed by atoms with E-state index in [2.05, 4.69) is 5.32 Å². The summed E-state index contributed by atoms with van der Waals surface area (Å²) in [6, 6.07) is 0. The molecule has 0 saturated carbocycles. The molecule has 0 aliphatic carbocycles. The maximum Gasteiger partial charge on any atom is 0.311 e. The molecular weight excluding hydrogens is 198 g/mol. The van der Waals surface area contributed by atoms with Gasteiger partial charge in [-0.15, -0.1) is 0 Å². The fourth-order valence-corrected chi connectivity index (χ4v) is 1.47. The second-order valence-corrected chi connectivity index (χ2v) is 3.57. The Morgan fingerprint density at radius 1 is 1.40 bits per heavy atom. The predicted octanol–water partition coefficient (Wildman–Crippen LogP) is -1.96. The van der Waals surface area contributed by atoms with Crippen LogP contribution in [0.1, 0.15) is 12.8 Å². The Balaban J connectivity index is 2.36. The molecular formula is C9H17N3O3.